The van der Waals surface area contributed by atoms with Crippen molar-refractivity contribution in [2.75, 3.05) is 59.5 Å². The first-order valence-corrected chi connectivity index (χ1v) is 7.95. The van der Waals surface area contributed by atoms with Gasteiger partial charge in [-0.3, -0.25) is 0 Å². The van der Waals surface area contributed by atoms with E-state index < -0.39 is 18.3 Å². The average Bonchev–Trinajstić information content (AvgIpc) is 2.52. The number of aliphatic hydroxyl groups excluding tert-OH is 2. The van der Waals surface area contributed by atoms with Crippen LogP contribution in [-0.2, 0) is 23.7 Å². The molecule has 7 heteroatoms. The molecule has 1 rings (SSSR count). The van der Waals surface area contributed by atoms with E-state index in [4.69, 9.17) is 23.7 Å². The Kier molecular flexibility index (Phi) is 10.9. The minimum absolute atomic E-state index is 0.0580. The first-order chi connectivity index (χ1) is 10.7. The lowest BCUT2D eigenvalue weighted by molar-refractivity contribution is -0.177. The lowest BCUT2D eigenvalue weighted by atomic mass is 9.94. The zero-order chi connectivity index (χ0) is 16.2. The van der Waals surface area contributed by atoms with Crippen molar-refractivity contribution in [3.05, 3.63) is 0 Å². The Morgan fingerprint density at radius 2 is 1.41 bits per heavy atom. The van der Waals surface area contributed by atoms with Gasteiger partial charge in [-0.15, -0.1) is 0 Å². The van der Waals surface area contributed by atoms with Gasteiger partial charge in [0.1, 0.15) is 12.2 Å². The lowest BCUT2D eigenvalue weighted by Gasteiger charge is -2.35. The molecule has 0 spiro atoms. The Bertz CT molecular complexity index is 264. The Hall–Kier alpha value is -0.280. The molecule has 1 heterocycles. The van der Waals surface area contributed by atoms with E-state index in [-0.39, 0.29) is 12.5 Å². The van der Waals surface area contributed by atoms with Gasteiger partial charge in [0.2, 0.25) is 0 Å². The number of rotatable bonds is 12. The van der Waals surface area contributed by atoms with Crippen LogP contribution in [0.4, 0.5) is 0 Å². The normalized spacial score (nSPS) is 28.9. The summed E-state index contributed by atoms with van der Waals surface area (Å²) in [6.07, 6.45) is -2.14. The molecule has 0 saturated carbocycles. The molecule has 22 heavy (non-hydrogen) atoms. The van der Waals surface area contributed by atoms with Crippen molar-refractivity contribution in [1.29, 1.82) is 0 Å². The smallest absolute Gasteiger partial charge is 0.109 e. The largest absolute Gasteiger partial charge is 0.390 e. The standard InChI is InChI=1S/C15H30O7/c1-3-18-4-5-19-6-7-20-8-9-21-11-13-15(17)14(16)12(2)10-22-13/h12-17H,3-11H2,1-2H3/t12?,13-,14-,15+/m1/s1. The van der Waals surface area contributed by atoms with Crippen LogP contribution in [-0.4, -0.2) is 88.0 Å². The predicted octanol–water partition coefficient (Wildman–Crippen LogP) is -0.171. The van der Waals surface area contributed by atoms with E-state index in [2.05, 4.69) is 0 Å². The highest BCUT2D eigenvalue weighted by Gasteiger charge is 2.36. The first-order valence-electron chi connectivity index (χ1n) is 7.95. The molecule has 0 bridgehead atoms. The highest BCUT2D eigenvalue weighted by molar-refractivity contribution is 4.84. The Labute approximate surface area is 132 Å². The van der Waals surface area contributed by atoms with E-state index in [1.165, 1.54) is 0 Å². The van der Waals surface area contributed by atoms with Crippen LogP contribution in [0, 0.1) is 5.92 Å². The maximum atomic E-state index is 9.86. The molecule has 0 aromatic heterocycles. The molecule has 0 aliphatic carbocycles. The van der Waals surface area contributed by atoms with Crippen LogP contribution in [0.25, 0.3) is 0 Å². The van der Waals surface area contributed by atoms with Crippen LogP contribution < -0.4 is 0 Å². The summed E-state index contributed by atoms with van der Waals surface area (Å²) in [4.78, 5) is 0. The van der Waals surface area contributed by atoms with Crippen molar-refractivity contribution < 1.29 is 33.9 Å². The topological polar surface area (TPSA) is 86.6 Å². The quantitative estimate of drug-likeness (QED) is 0.482. The second-order valence-electron chi connectivity index (χ2n) is 5.33. The third kappa shape index (κ3) is 7.82. The fraction of sp³-hybridized carbons (Fsp3) is 1.00. The summed E-state index contributed by atoms with van der Waals surface area (Å²) in [5.41, 5.74) is 0. The van der Waals surface area contributed by atoms with Gasteiger partial charge in [0.15, 0.2) is 0 Å². The van der Waals surface area contributed by atoms with Gasteiger partial charge in [-0.05, 0) is 6.92 Å². The molecular weight excluding hydrogens is 292 g/mol. The summed E-state index contributed by atoms with van der Waals surface area (Å²) in [6.45, 7) is 8.26. The molecule has 4 atom stereocenters. The predicted molar refractivity (Wildman–Crippen MR) is 79.9 cm³/mol. The van der Waals surface area contributed by atoms with E-state index in [9.17, 15) is 10.2 Å². The van der Waals surface area contributed by atoms with Crippen LogP contribution in [0.5, 0.6) is 0 Å². The highest BCUT2D eigenvalue weighted by Crippen LogP contribution is 2.20. The molecule has 1 fully saturated rings. The molecule has 1 unspecified atom stereocenters. The minimum Gasteiger partial charge on any atom is -0.390 e. The lowest BCUT2D eigenvalue weighted by Crippen LogP contribution is -2.51. The van der Waals surface area contributed by atoms with Crippen LogP contribution in [0.3, 0.4) is 0 Å². The van der Waals surface area contributed by atoms with Crippen molar-refractivity contribution in [3.8, 4) is 0 Å². The monoisotopic (exact) mass is 322 g/mol. The average molecular weight is 322 g/mol. The highest BCUT2D eigenvalue weighted by atomic mass is 16.6. The van der Waals surface area contributed by atoms with Crippen LogP contribution in [0.15, 0.2) is 0 Å². The second kappa shape index (κ2) is 12.2. The van der Waals surface area contributed by atoms with E-state index in [0.29, 0.717) is 52.9 Å². The second-order valence-corrected chi connectivity index (χ2v) is 5.33. The van der Waals surface area contributed by atoms with Gasteiger partial charge in [0.25, 0.3) is 0 Å². The van der Waals surface area contributed by atoms with Gasteiger partial charge in [-0.25, -0.2) is 0 Å². The summed E-state index contributed by atoms with van der Waals surface area (Å²) < 4.78 is 26.7. The summed E-state index contributed by atoms with van der Waals surface area (Å²) in [6, 6.07) is 0. The Morgan fingerprint density at radius 3 is 2.00 bits per heavy atom. The minimum atomic E-state index is -0.900. The van der Waals surface area contributed by atoms with Gasteiger partial charge in [0.05, 0.1) is 59.0 Å². The van der Waals surface area contributed by atoms with E-state index in [1.807, 2.05) is 13.8 Å². The number of ether oxygens (including phenoxy) is 5. The van der Waals surface area contributed by atoms with Crippen molar-refractivity contribution >= 4 is 0 Å². The van der Waals surface area contributed by atoms with Crippen LogP contribution in [0.2, 0.25) is 0 Å². The van der Waals surface area contributed by atoms with Gasteiger partial charge in [0, 0.05) is 12.5 Å². The van der Waals surface area contributed by atoms with Crippen molar-refractivity contribution in [2.24, 2.45) is 5.92 Å². The van der Waals surface area contributed by atoms with E-state index in [0.717, 1.165) is 0 Å². The first kappa shape index (κ1) is 19.8. The van der Waals surface area contributed by atoms with Gasteiger partial charge >= 0.3 is 0 Å². The summed E-state index contributed by atoms with van der Waals surface area (Å²) >= 11 is 0. The number of hydrogen-bond donors (Lipinski definition) is 2. The zero-order valence-corrected chi connectivity index (χ0v) is 13.6. The van der Waals surface area contributed by atoms with Crippen molar-refractivity contribution in [3.63, 3.8) is 0 Å². The Balaban J connectivity index is 1.89. The SMILES string of the molecule is CCOCCOCCOCCOC[C@H]1OCC(C)[C@@H](O)[C@H]1O. The van der Waals surface area contributed by atoms with Crippen LogP contribution >= 0.6 is 0 Å². The number of aliphatic hydroxyl groups is 2. The van der Waals surface area contributed by atoms with Gasteiger partial charge < -0.3 is 33.9 Å². The van der Waals surface area contributed by atoms with Crippen molar-refractivity contribution in [2.45, 2.75) is 32.2 Å². The maximum Gasteiger partial charge on any atom is 0.109 e. The van der Waals surface area contributed by atoms with Gasteiger partial charge in [-0.1, -0.05) is 6.92 Å². The molecule has 2 N–H and O–H groups in total. The number of hydrogen-bond acceptors (Lipinski definition) is 7. The molecular formula is C15H30O7. The third-order valence-corrected chi connectivity index (χ3v) is 3.49. The summed E-state index contributed by atoms with van der Waals surface area (Å²) in [7, 11) is 0. The molecule has 0 aromatic rings. The molecule has 0 amide bonds. The summed E-state index contributed by atoms with van der Waals surface area (Å²) in [5.74, 6) is -0.0580. The molecule has 132 valence electrons. The maximum absolute atomic E-state index is 9.86. The van der Waals surface area contributed by atoms with E-state index in [1.54, 1.807) is 0 Å². The van der Waals surface area contributed by atoms with Crippen LogP contribution in [0.1, 0.15) is 13.8 Å². The Morgan fingerprint density at radius 1 is 0.864 bits per heavy atom. The third-order valence-electron chi connectivity index (χ3n) is 3.49. The molecule has 0 radical (unpaired) electrons. The molecule has 0 aromatic carbocycles. The zero-order valence-electron chi connectivity index (χ0n) is 13.6. The fourth-order valence-electron chi connectivity index (χ4n) is 2.08. The molecule has 7 nitrogen and oxygen atoms in total. The van der Waals surface area contributed by atoms with E-state index >= 15 is 0 Å². The summed E-state index contributed by atoms with van der Waals surface area (Å²) in [5, 5.41) is 19.6. The molecule has 1 aliphatic rings. The molecule has 1 aliphatic heterocycles. The fourth-order valence-corrected chi connectivity index (χ4v) is 2.08. The van der Waals surface area contributed by atoms with Crippen molar-refractivity contribution in [1.82, 2.24) is 0 Å². The molecule has 1 saturated heterocycles. The van der Waals surface area contributed by atoms with Gasteiger partial charge in [-0.2, -0.15) is 0 Å².